The first kappa shape index (κ1) is 25.9. The molecule has 4 aromatic rings. The molecule has 198 valence electrons. The summed E-state index contributed by atoms with van der Waals surface area (Å²) in [7, 11) is -1.07. The van der Waals surface area contributed by atoms with Crippen LogP contribution in [0.2, 0.25) is 0 Å². The molecule has 3 heterocycles. The Morgan fingerprint density at radius 3 is 2.63 bits per heavy atom. The first-order chi connectivity index (χ1) is 18.5. The second-order valence-electron chi connectivity index (χ2n) is 9.14. The third-order valence-electron chi connectivity index (χ3n) is 6.35. The molecule has 0 bridgehead atoms. The summed E-state index contributed by atoms with van der Waals surface area (Å²) >= 11 is 0. The van der Waals surface area contributed by atoms with E-state index >= 15 is 0 Å². The lowest BCUT2D eigenvalue weighted by Gasteiger charge is -2.24. The molecular formula is C28H31N5O4S. The zero-order chi connectivity index (χ0) is 26.5. The number of aromatic nitrogens is 3. The van der Waals surface area contributed by atoms with E-state index in [9.17, 15) is 9.00 Å². The fourth-order valence-electron chi connectivity index (χ4n) is 4.43. The van der Waals surface area contributed by atoms with E-state index in [1.807, 2.05) is 55.5 Å². The van der Waals surface area contributed by atoms with E-state index in [1.54, 1.807) is 23.1 Å². The smallest absolute Gasteiger partial charge is 0.294 e. The average molecular weight is 534 g/mol. The van der Waals surface area contributed by atoms with E-state index in [1.165, 1.54) is 0 Å². The van der Waals surface area contributed by atoms with Crippen LogP contribution in [0.3, 0.4) is 0 Å². The number of pyridine rings is 1. The van der Waals surface area contributed by atoms with E-state index in [0.717, 1.165) is 47.8 Å². The predicted octanol–water partition coefficient (Wildman–Crippen LogP) is 3.85. The first-order valence-electron chi connectivity index (χ1n) is 12.7. The van der Waals surface area contributed by atoms with E-state index in [-0.39, 0.29) is 24.0 Å². The van der Waals surface area contributed by atoms with Crippen LogP contribution >= 0.6 is 0 Å². The van der Waals surface area contributed by atoms with Gasteiger partial charge in [-0.05, 0) is 74.3 Å². The Labute approximate surface area is 223 Å². The molecule has 1 aliphatic heterocycles. The van der Waals surface area contributed by atoms with Crippen molar-refractivity contribution < 1.29 is 13.7 Å². The highest BCUT2D eigenvalue weighted by Gasteiger charge is 2.15. The lowest BCUT2D eigenvalue weighted by Crippen LogP contribution is -2.37. The molecule has 2 aromatic carbocycles. The number of ether oxygens (including phenoxy) is 2. The summed E-state index contributed by atoms with van der Waals surface area (Å²) in [6, 6.07) is 16.7. The van der Waals surface area contributed by atoms with Crippen molar-refractivity contribution in [1.29, 1.82) is 0 Å². The Hall–Kier alpha value is -3.76. The second kappa shape index (κ2) is 11.7. The molecule has 10 heteroatoms. The maximum atomic E-state index is 13.3. The standard InChI is InChI=1S/C28H31N5O4S/c1-3-36-25-15-20-16-30-28(31-21-8-10-22(11-9-21)37-23-5-4-14-29-17-23)32-26(20)33(27(25)34)18-19-6-12-24(13-7-19)38(2)35/h6-13,15-16,23,29H,3-5,14,17-18H2,1-2H3,(H,30,31,32). The van der Waals surface area contributed by atoms with Gasteiger partial charge < -0.3 is 20.1 Å². The minimum atomic E-state index is -1.07. The third kappa shape index (κ3) is 6.03. The Morgan fingerprint density at radius 2 is 1.95 bits per heavy atom. The molecule has 0 aliphatic carbocycles. The summed E-state index contributed by atoms with van der Waals surface area (Å²) in [4.78, 5) is 23.2. The molecule has 1 aliphatic rings. The molecular weight excluding hydrogens is 502 g/mol. The molecule has 2 atom stereocenters. The molecule has 2 unspecified atom stereocenters. The quantitative estimate of drug-likeness (QED) is 0.334. The first-order valence-corrected chi connectivity index (χ1v) is 14.3. The lowest BCUT2D eigenvalue weighted by atomic mass is 10.1. The van der Waals surface area contributed by atoms with Crippen LogP contribution in [-0.4, -0.2) is 50.8 Å². The van der Waals surface area contributed by atoms with Crippen molar-refractivity contribution in [2.45, 2.75) is 37.3 Å². The number of nitrogens with zero attached hydrogens (tertiary/aromatic N) is 3. The molecule has 0 saturated carbocycles. The van der Waals surface area contributed by atoms with Crippen LogP contribution in [0.25, 0.3) is 11.0 Å². The molecule has 38 heavy (non-hydrogen) atoms. The summed E-state index contributed by atoms with van der Waals surface area (Å²) < 4.78 is 25.0. The SMILES string of the molecule is CCOc1cc2cnc(Nc3ccc(OC4CCCNC4)cc3)nc2n(Cc2ccc(S(C)=O)cc2)c1=O. The summed E-state index contributed by atoms with van der Waals surface area (Å²) in [6.45, 7) is 4.40. The number of piperidine rings is 1. The van der Waals surface area contributed by atoms with Crippen molar-refractivity contribution in [3.63, 3.8) is 0 Å². The van der Waals surface area contributed by atoms with Gasteiger partial charge in [0.2, 0.25) is 5.95 Å². The zero-order valence-electron chi connectivity index (χ0n) is 21.5. The number of benzene rings is 2. The Bertz CT molecular complexity index is 1480. The van der Waals surface area contributed by atoms with Crippen LogP contribution in [-0.2, 0) is 17.3 Å². The lowest BCUT2D eigenvalue weighted by molar-refractivity contribution is 0.167. The largest absolute Gasteiger partial charge is 0.489 e. The Morgan fingerprint density at radius 1 is 1.16 bits per heavy atom. The fraction of sp³-hybridized carbons (Fsp3) is 0.321. The Kier molecular flexibility index (Phi) is 8.00. The maximum absolute atomic E-state index is 13.3. The van der Waals surface area contributed by atoms with Gasteiger partial charge in [0.05, 0.1) is 13.2 Å². The molecule has 2 aromatic heterocycles. The molecule has 1 saturated heterocycles. The van der Waals surface area contributed by atoms with Crippen molar-refractivity contribution in [3.8, 4) is 11.5 Å². The maximum Gasteiger partial charge on any atom is 0.294 e. The highest BCUT2D eigenvalue weighted by molar-refractivity contribution is 7.84. The van der Waals surface area contributed by atoms with E-state index < -0.39 is 10.8 Å². The predicted molar refractivity (Wildman–Crippen MR) is 149 cm³/mol. The Balaban J connectivity index is 1.41. The van der Waals surface area contributed by atoms with Crippen LogP contribution in [0.5, 0.6) is 11.5 Å². The van der Waals surface area contributed by atoms with Crippen molar-refractivity contribution in [2.75, 3.05) is 31.3 Å². The summed E-state index contributed by atoms with van der Waals surface area (Å²) in [5.74, 6) is 1.44. The number of rotatable bonds is 9. The number of anilines is 2. The average Bonchev–Trinajstić information content (AvgIpc) is 2.93. The topological polar surface area (TPSA) is 107 Å². The van der Waals surface area contributed by atoms with Crippen LogP contribution in [0, 0.1) is 0 Å². The van der Waals surface area contributed by atoms with Gasteiger partial charge in [0, 0.05) is 45.8 Å². The van der Waals surface area contributed by atoms with Gasteiger partial charge in [0.1, 0.15) is 17.5 Å². The summed E-state index contributed by atoms with van der Waals surface area (Å²) in [6.07, 6.45) is 5.67. The molecule has 1 fully saturated rings. The second-order valence-corrected chi connectivity index (χ2v) is 10.5. The molecule has 5 rings (SSSR count). The van der Waals surface area contributed by atoms with Crippen molar-refractivity contribution in [1.82, 2.24) is 19.9 Å². The van der Waals surface area contributed by atoms with Gasteiger partial charge in [-0.1, -0.05) is 12.1 Å². The third-order valence-corrected chi connectivity index (χ3v) is 7.29. The number of fused-ring (bicyclic) bond motifs is 1. The van der Waals surface area contributed by atoms with Crippen LogP contribution in [0.4, 0.5) is 11.6 Å². The van der Waals surface area contributed by atoms with E-state index in [0.29, 0.717) is 23.6 Å². The van der Waals surface area contributed by atoms with Gasteiger partial charge >= 0.3 is 0 Å². The summed E-state index contributed by atoms with van der Waals surface area (Å²) in [5, 5.41) is 7.27. The molecule has 2 N–H and O–H groups in total. The van der Waals surface area contributed by atoms with Gasteiger partial charge in [-0.15, -0.1) is 0 Å². The highest BCUT2D eigenvalue weighted by Crippen LogP contribution is 2.23. The van der Waals surface area contributed by atoms with Crippen LogP contribution in [0.15, 0.2) is 70.5 Å². The molecule has 0 spiro atoms. The van der Waals surface area contributed by atoms with Crippen molar-refractivity contribution in [2.24, 2.45) is 0 Å². The van der Waals surface area contributed by atoms with Crippen molar-refractivity contribution >= 4 is 33.5 Å². The van der Waals surface area contributed by atoms with Gasteiger partial charge in [-0.2, -0.15) is 4.98 Å². The highest BCUT2D eigenvalue weighted by atomic mass is 32.2. The van der Waals surface area contributed by atoms with E-state index in [4.69, 9.17) is 9.47 Å². The van der Waals surface area contributed by atoms with Crippen LogP contribution < -0.4 is 25.7 Å². The van der Waals surface area contributed by atoms with Crippen LogP contribution in [0.1, 0.15) is 25.3 Å². The van der Waals surface area contributed by atoms with E-state index in [2.05, 4.69) is 20.6 Å². The van der Waals surface area contributed by atoms with Gasteiger partial charge in [0.25, 0.3) is 5.56 Å². The summed E-state index contributed by atoms with van der Waals surface area (Å²) in [5.41, 5.74) is 1.91. The fourth-order valence-corrected chi connectivity index (χ4v) is 4.95. The normalized spacial score (nSPS) is 16.2. The molecule has 9 nitrogen and oxygen atoms in total. The van der Waals surface area contributed by atoms with Crippen molar-refractivity contribution in [3.05, 3.63) is 76.7 Å². The molecule has 0 radical (unpaired) electrons. The minimum absolute atomic E-state index is 0.185. The molecule has 0 amide bonds. The number of nitrogens with one attached hydrogen (secondary N) is 2. The monoisotopic (exact) mass is 533 g/mol. The number of hydrogen-bond donors (Lipinski definition) is 2. The van der Waals surface area contributed by atoms with Gasteiger partial charge in [0.15, 0.2) is 5.75 Å². The number of hydrogen-bond acceptors (Lipinski definition) is 8. The zero-order valence-corrected chi connectivity index (χ0v) is 22.3. The van der Waals surface area contributed by atoms with Gasteiger partial charge in [-0.25, -0.2) is 4.98 Å². The van der Waals surface area contributed by atoms with Gasteiger partial charge in [-0.3, -0.25) is 13.6 Å². The minimum Gasteiger partial charge on any atom is -0.489 e.